The Morgan fingerprint density at radius 3 is 2.47 bits per heavy atom. The van der Waals surface area contributed by atoms with Crippen molar-refractivity contribution in [1.29, 1.82) is 0 Å². The van der Waals surface area contributed by atoms with E-state index in [-0.39, 0.29) is 17.1 Å². The summed E-state index contributed by atoms with van der Waals surface area (Å²) in [6.07, 6.45) is 1.36. The lowest BCUT2D eigenvalue weighted by molar-refractivity contribution is -0.123. The van der Waals surface area contributed by atoms with Crippen LogP contribution in [0.5, 0.6) is 11.5 Å². The number of ether oxygens (including phenoxy) is 2. The van der Waals surface area contributed by atoms with Crippen LogP contribution in [0.3, 0.4) is 0 Å². The average molecular weight is 474 g/mol. The lowest BCUT2D eigenvalue weighted by Crippen LogP contribution is -2.34. The molecule has 34 heavy (non-hydrogen) atoms. The molecule has 0 aliphatic carbocycles. The minimum atomic E-state index is -4.53. The van der Waals surface area contributed by atoms with Gasteiger partial charge in [0.1, 0.15) is 29.9 Å². The quantitative estimate of drug-likeness (QED) is 0.574. The Labute approximate surface area is 194 Å². The second-order valence-electron chi connectivity index (χ2n) is 8.08. The normalized spacial score (nSPS) is 14.2. The van der Waals surface area contributed by atoms with Crippen molar-refractivity contribution in [2.24, 2.45) is 0 Å². The molecule has 0 atom stereocenters. The zero-order valence-electron chi connectivity index (χ0n) is 19.1. The van der Waals surface area contributed by atoms with Crippen LogP contribution in [0.2, 0.25) is 0 Å². The molecule has 2 heterocycles. The number of allylic oxidation sites excluding steroid dienone is 1. The number of nitrogens with one attached hydrogen (secondary N) is 1. The van der Waals surface area contributed by atoms with Crippen LogP contribution < -0.4 is 14.8 Å². The predicted molar refractivity (Wildman–Crippen MR) is 122 cm³/mol. The molecule has 0 unspecified atom stereocenters. The van der Waals surface area contributed by atoms with Crippen LogP contribution >= 0.6 is 0 Å². The van der Waals surface area contributed by atoms with E-state index in [4.69, 9.17) is 9.47 Å². The second-order valence-corrected chi connectivity index (χ2v) is 8.08. The molecule has 0 saturated heterocycles. The number of rotatable bonds is 6. The molecule has 0 fully saturated rings. The van der Waals surface area contributed by atoms with E-state index in [1.807, 2.05) is 28.1 Å². The smallest absolute Gasteiger partial charge is 0.405 e. The highest BCUT2D eigenvalue weighted by atomic mass is 19.4. The van der Waals surface area contributed by atoms with Crippen molar-refractivity contribution in [3.05, 3.63) is 54.0 Å². The Kier molecular flexibility index (Phi) is 6.41. The molecule has 0 bridgehead atoms. The van der Waals surface area contributed by atoms with E-state index in [0.29, 0.717) is 5.69 Å². The second kappa shape index (κ2) is 9.28. The van der Waals surface area contributed by atoms with Crippen LogP contribution in [-0.4, -0.2) is 60.9 Å². The number of alkyl halides is 3. The largest absolute Gasteiger partial charge is 0.496 e. The molecular weight excluding hydrogens is 449 g/mol. The first-order chi connectivity index (χ1) is 16.2. The number of hydrogen-bond donors (Lipinski definition) is 1. The van der Waals surface area contributed by atoms with Crippen molar-refractivity contribution >= 4 is 22.5 Å². The van der Waals surface area contributed by atoms with Crippen LogP contribution in [0.1, 0.15) is 28.8 Å². The Morgan fingerprint density at radius 2 is 1.85 bits per heavy atom. The number of aromatic nitrogens is 2. The Balaban J connectivity index is 1.71. The summed E-state index contributed by atoms with van der Waals surface area (Å²) in [6, 6.07) is 9.18. The van der Waals surface area contributed by atoms with E-state index in [2.05, 4.69) is 23.1 Å². The molecule has 1 aliphatic heterocycles. The number of hydrogen-bond acceptors (Lipinski definition) is 5. The number of fused-ring (bicyclic) bond motifs is 1. The van der Waals surface area contributed by atoms with Gasteiger partial charge in [0.15, 0.2) is 0 Å². The van der Waals surface area contributed by atoms with Gasteiger partial charge in [0, 0.05) is 31.9 Å². The van der Waals surface area contributed by atoms with Crippen LogP contribution in [0, 0.1) is 0 Å². The number of halogens is 3. The van der Waals surface area contributed by atoms with Gasteiger partial charge in [0.2, 0.25) is 0 Å². The van der Waals surface area contributed by atoms with Gasteiger partial charge in [-0.25, -0.2) is 4.98 Å². The van der Waals surface area contributed by atoms with E-state index in [1.165, 1.54) is 19.8 Å². The molecule has 1 aromatic heterocycles. The average Bonchev–Trinajstić information content (AvgIpc) is 3.24. The molecule has 0 radical (unpaired) electrons. The zero-order valence-corrected chi connectivity index (χ0v) is 19.1. The fraction of sp³-hybridized carbons (Fsp3) is 0.333. The number of imidazole rings is 1. The van der Waals surface area contributed by atoms with Gasteiger partial charge in [-0.1, -0.05) is 6.07 Å². The summed E-state index contributed by atoms with van der Waals surface area (Å²) in [5.74, 6) is -0.769. The summed E-state index contributed by atoms with van der Waals surface area (Å²) in [6.45, 7) is -0.422. The van der Waals surface area contributed by atoms with E-state index in [0.717, 1.165) is 36.0 Å². The molecule has 10 heteroatoms. The summed E-state index contributed by atoms with van der Waals surface area (Å²) in [4.78, 5) is 19.2. The molecule has 0 saturated carbocycles. The molecule has 1 amide bonds. The van der Waals surface area contributed by atoms with Crippen LogP contribution in [0.25, 0.3) is 22.3 Å². The van der Waals surface area contributed by atoms with Gasteiger partial charge >= 0.3 is 6.18 Å². The van der Waals surface area contributed by atoms with Gasteiger partial charge in [-0.3, -0.25) is 9.36 Å². The Hall–Kier alpha value is -3.69. The van der Waals surface area contributed by atoms with Gasteiger partial charge in [-0.05, 0) is 36.1 Å². The molecule has 3 aromatic rings. The van der Waals surface area contributed by atoms with E-state index in [9.17, 15) is 18.0 Å². The minimum Gasteiger partial charge on any atom is -0.496 e. The number of methoxy groups -OCH3 is 2. The van der Waals surface area contributed by atoms with E-state index >= 15 is 0 Å². The third-order valence-corrected chi connectivity index (χ3v) is 5.70. The fourth-order valence-electron chi connectivity index (χ4n) is 4.08. The first-order valence-corrected chi connectivity index (χ1v) is 10.7. The summed E-state index contributed by atoms with van der Waals surface area (Å²) < 4.78 is 50.2. The topological polar surface area (TPSA) is 68.6 Å². The molecule has 1 aliphatic rings. The molecule has 1 N–H and O–H groups in total. The van der Waals surface area contributed by atoms with Crippen LogP contribution in [-0.2, 0) is 0 Å². The van der Waals surface area contributed by atoms with E-state index < -0.39 is 18.6 Å². The maximum atomic E-state index is 12.6. The van der Waals surface area contributed by atoms with Gasteiger partial charge < -0.3 is 19.7 Å². The standard InChI is InChI=1S/C24H25F3N4O3/c1-30-8-4-5-16(12-30)15-6-7-19-18(9-15)29-14-31(19)17-10-20(33-2)22(21(11-17)34-3)23(32)28-13-24(25,26)27/h6-7,9-12,14H,4-5,8,13H2,1-3H3,(H,28,32). The van der Waals surface area contributed by atoms with Crippen molar-refractivity contribution in [2.45, 2.75) is 19.0 Å². The van der Waals surface area contributed by atoms with Crippen molar-refractivity contribution < 1.29 is 27.4 Å². The lowest BCUT2D eigenvalue weighted by Gasteiger charge is -2.22. The van der Waals surface area contributed by atoms with Crippen molar-refractivity contribution in [3.8, 4) is 17.2 Å². The first-order valence-electron chi connectivity index (χ1n) is 10.7. The van der Waals surface area contributed by atoms with Gasteiger partial charge in [0.25, 0.3) is 5.91 Å². The van der Waals surface area contributed by atoms with Crippen LogP contribution in [0.4, 0.5) is 13.2 Å². The van der Waals surface area contributed by atoms with Crippen LogP contribution in [0.15, 0.2) is 42.9 Å². The van der Waals surface area contributed by atoms with Gasteiger partial charge in [-0.15, -0.1) is 0 Å². The number of carbonyl (C=O) groups excluding carboxylic acids is 1. The first kappa shape index (κ1) is 23.5. The molecular formula is C24H25F3N4O3. The summed E-state index contributed by atoms with van der Waals surface area (Å²) in [7, 11) is 4.73. The highest BCUT2D eigenvalue weighted by Gasteiger charge is 2.30. The summed E-state index contributed by atoms with van der Waals surface area (Å²) in [5, 5.41) is 1.86. The third-order valence-electron chi connectivity index (χ3n) is 5.70. The monoisotopic (exact) mass is 474 g/mol. The number of nitrogens with zero attached hydrogens (tertiary/aromatic N) is 3. The summed E-state index contributed by atoms with van der Waals surface area (Å²) >= 11 is 0. The molecule has 7 nitrogen and oxygen atoms in total. The van der Waals surface area contributed by atoms with Crippen molar-refractivity contribution in [1.82, 2.24) is 19.8 Å². The Bertz CT molecular complexity index is 1220. The van der Waals surface area contributed by atoms with E-state index in [1.54, 1.807) is 18.5 Å². The number of amides is 1. The third kappa shape index (κ3) is 4.80. The highest BCUT2D eigenvalue weighted by molar-refractivity contribution is 6.00. The molecule has 180 valence electrons. The lowest BCUT2D eigenvalue weighted by atomic mass is 9.99. The number of benzene rings is 2. The maximum Gasteiger partial charge on any atom is 0.405 e. The number of carbonyl (C=O) groups is 1. The fourth-order valence-corrected chi connectivity index (χ4v) is 4.08. The Morgan fingerprint density at radius 1 is 1.15 bits per heavy atom. The zero-order chi connectivity index (χ0) is 24.5. The molecule has 0 spiro atoms. The van der Waals surface area contributed by atoms with Crippen molar-refractivity contribution in [3.63, 3.8) is 0 Å². The van der Waals surface area contributed by atoms with Crippen molar-refractivity contribution in [2.75, 3.05) is 34.4 Å². The minimum absolute atomic E-state index is 0.0860. The molecule has 2 aromatic carbocycles. The highest BCUT2D eigenvalue weighted by Crippen LogP contribution is 2.34. The van der Waals surface area contributed by atoms with Gasteiger partial charge in [0.05, 0.1) is 30.9 Å². The summed E-state index contributed by atoms with van der Waals surface area (Å²) in [5.41, 5.74) is 4.45. The maximum absolute atomic E-state index is 12.6. The predicted octanol–water partition coefficient (Wildman–Crippen LogP) is 4.40. The van der Waals surface area contributed by atoms with Gasteiger partial charge in [-0.2, -0.15) is 13.2 Å². The molecule has 4 rings (SSSR count). The SMILES string of the molecule is COc1cc(-n2cnc3cc(C4=CN(C)CCC4)ccc32)cc(OC)c1C(=O)NCC(F)(F)F.